The van der Waals surface area contributed by atoms with Crippen LogP contribution in [0.3, 0.4) is 0 Å². The minimum Gasteiger partial charge on any atom is -0.338 e. The van der Waals surface area contributed by atoms with Crippen molar-refractivity contribution in [2.75, 3.05) is 13.1 Å². The molecule has 0 bridgehead atoms. The molecule has 144 valence electrons. The second-order valence-corrected chi connectivity index (χ2v) is 6.45. The lowest BCUT2D eigenvalue weighted by Crippen LogP contribution is -2.44. The van der Waals surface area contributed by atoms with Crippen molar-refractivity contribution in [1.82, 2.24) is 9.88 Å². The molecular weight excluding hydrogens is 370 g/mol. The molecule has 0 aliphatic carbocycles. The molecule has 3 rings (SSSR count). The van der Waals surface area contributed by atoms with Crippen molar-refractivity contribution in [1.29, 1.82) is 0 Å². The average Bonchev–Trinajstić information content (AvgIpc) is 2.75. The lowest BCUT2D eigenvalue weighted by atomic mass is 9.87. The van der Waals surface area contributed by atoms with E-state index in [1.54, 1.807) is 0 Å². The Morgan fingerprint density at radius 2 is 2.30 bits per heavy atom. The molecule has 0 saturated carbocycles. The number of halogens is 3. The Labute approximate surface area is 176 Å². The van der Waals surface area contributed by atoms with Crippen LogP contribution in [0.15, 0.2) is 36.5 Å². The number of aryl methyl sites for hydroxylation is 2. The van der Waals surface area contributed by atoms with Crippen molar-refractivity contribution in [3.63, 3.8) is 0 Å². The lowest BCUT2D eigenvalue weighted by Gasteiger charge is -2.36. The van der Waals surface area contributed by atoms with Crippen LogP contribution in [-0.2, 0) is 6.37 Å². The number of likely N-dealkylation sites (tertiary alicyclic amines) is 1. The van der Waals surface area contributed by atoms with Gasteiger partial charge in [-0.25, -0.2) is 8.78 Å². The highest BCUT2D eigenvalue weighted by molar-refractivity contribution is 6.31. The van der Waals surface area contributed by atoms with Crippen molar-refractivity contribution >= 4 is 17.5 Å². The standard InChI is InChI=1S/C21H23ClF2N2O/c1-15-4-6-17(25-14-15)3-2-8-21(24)9-11-26(12-10-21)20(27)16-5-7-19(23)18(22)13-16/h4-7,13-14H,2-3,8-12H2,1H3/i1D3,3D2,8D2,9D2. The Balaban J connectivity index is 1.81. The average molecular weight is 402 g/mol. The quantitative estimate of drug-likeness (QED) is 0.694. The number of alkyl halides is 1. The van der Waals surface area contributed by atoms with Crippen molar-refractivity contribution in [2.45, 2.75) is 44.5 Å². The number of pyridine rings is 1. The summed E-state index contributed by atoms with van der Waals surface area (Å²) in [6.07, 6.45) is -9.47. The number of hydrogen-bond donors (Lipinski definition) is 0. The third-order valence-electron chi connectivity index (χ3n) is 4.13. The number of aromatic nitrogens is 1. The first-order chi connectivity index (χ1) is 16.3. The minimum atomic E-state index is -3.18. The number of benzene rings is 1. The molecule has 1 saturated heterocycles. The summed E-state index contributed by atoms with van der Waals surface area (Å²) >= 11 is 5.70. The zero-order valence-corrected chi connectivity index (χ0v) is 15.0. The SMILES string of the molecule is [2H]C([2H])([2H])c1ccc(C([2H])([2H])CC([2H])([2H])C2(F)CCN(C(=O)c3ccc(F)c(Cl)c3)CC2([2H])[2H])nc1. The molecule has 1 unspecified atom stereocenters. The second-order valence-electron chi connectivity index (χ2n) is 6.05. The van der Waals surface area contributed by atoms with Gasteiger partial charge in [-0.2, -0.15) is 0 Å². The zero-order chi connectivity index (χ0) is 27.3. The molecule has 6 heteroatoms. The van der Waals surface area contributed by atoms with Gasteiger partial charge in [-0.1, -0.05) is 17.7 Å². The summed E-state index contributed by atoms with van der Waals surface area (Å²) in [6, 6.07) is 5.37. The van der Waals surface area contributed by atoms with Crippen LogP contribution in [0.25, 0.3) is 0 Å². The topological polar surface area (TPSA) is 33.2 Å². The molecule has 3 nitrogen and oxygen atoms in total. The highest BCUT2D eigenvalue weighted by Gasteiger charge is 2.35. The molecule has 1 aliphatic rings. The Kier molecular flexibility index (Phi) is 3.43. The van der Waals surface area contributed by atoms with Gasteiger partial charge in [0.2, 0.25) is 0 Å². The molecule has 1 aromatic carbocycles. The number of nitrogens with zero attached hydrogens (tertiary/aromatic N) is 2. The van der Waals surface area contributed by atoms with E-state index in [0.717, 1.165) is 41.4 Å². The maximum Gasteiger partial charge on any atom is 0.253 e. The van der Waals surface area contributed by atoms with Gasteiger partial charge in [0, 0.05) is 42.9 Å². The fraction of sp³-hybridized carbons (Fsp3) is 0.429. The Hall–Kier alpha value is -2.01. The van der Waals surface area contributed by atoms with Crippen LogP contribution in [0.2, 0.25) is 5.02 Å². The van der Waals surface area contributed by atoms with Crippen LogP contribution in [-0.4, -0.2) is 34.5 Å². The molecule has 1 atom stereocenters. The molecule has 1 aromatic heterocycles. The number of piperidine rings is 1. The monoisotopic (exact) mass is 401 g/mol. The van der Waals surface area contributed by atoms with Crippen molar-refractivity contribution in [2.24, 2.45) is 0 Å². The summed E-state index contributed by atoms with van der Waals surface area (Å²) in [7, 11) is 0. The molecule has 27 heavy (non-hydrogen) atoms. The van der Waals surface area contributed by atoms with Crippen LogP contribution >= 0.6 is 11.6 Å². The van der Waals surface area contributed by atoms with E-state index < -0.39 is 62.8 Å². The van der Waals surface area contributed by atoms with Crippen molar-refractivity contribution in [3.05, 3.63) is 64.2 Å². The van der Waals surface area contributed by atoms with Crippen LogP contribution in [0.5, 0.6) is 0 Å². The molecule has 2 aromatic rings. The largest absolute Gasteiger partial charge is 0.338 e. The third-order valence-corrected chi connectivity index (χ3v) is 4.42. The molecular formula is C21H23ClF2N2O. The molecule has 0 N–H and O–H groups in total. The van der Waals surface area contributed by atoms with Crippen LogP contribution in [0.4, 0.5) is 8.78 Å². The van der Waals surface area contributed by atoms with Crippen molar-refractivity contribution in [3.8, 4) is 0 Å². The van der Waals surface area contributed by atoms with E-state index in [1.807, 2.05) is 0 Å². The normalized spacial score (nSPS) is 28.3. The smallest absolute Gasteiger partial charge is 0.253 e. The van der Waals surface area contributed by atoms with Gasteiger partial charge >= 0.3 is 0 Å². The van der Waals surface area contributed by atoms with Crippen LogP contribution < -0.4 is 0 Å². The van der Waals surface area contributed by atoms with Gasteiger partial charge in [-0.3, -0.25) is 9.78 Å². The first-order valence-electron chi connectivity index (χ1n) is 12.7. The summed E-state index contributed by atoms with van der Waals surface area (Å²) < 4.78 is 101. The van der Waals surface area contributed by atoms with E-state index in [4.69, 9.17) is 23.9 Å². The lowest BCUT2D eigenvalue weighted by molar-refractivity contribution is 0.0389. The third kappa shape index (κ3) is 5.04. The predicted molar refractivity (Wildman–Crippen MR) is 102 cm³/mol. The van der Waals surface area contributed by atoms with E-state index in [1.165, 1.54) is 0 Å². The van der Waals surface area contributed by atoms with Crippen molar-refractivity contribution < 1.29 is 25.9 Å². The first kappa shape index (κ1) is 11.1. The van der Waals surface area contributed by atoms with Gasteiger partial charge in [-0.15, -0.1) is 0 Å². The number of amides is 1. The maximum absolute atomic E-state index is 16.1. The van der Waals surface area contributed by atoms with E-state index >= 15 is 4.39 Å². The van der Waals surface area contributed by atoms with Gasteiger partial charge in [0.05, 0.1) is 5.02 Å². The van der Waals surface area contributed by atoms with Gasteiger partial charge in [-0.05, 0) is 68.6 Å². The van der Waals surface area contributed by atoms with E-state index in [0.29, 0.717) is 0 Å². The minimum absolute atomic E-state index is 0.0468. The number of hydrogen-bond acceptors (Lipinski definition) is 2. The number of carbonyl (C=O) groups excluding carboxylic acids is 1. The Morgan fingerprint density at radius 3 is 2.96 bits per heavy atom. The highest BCUT2D eigenvalue weighted by atomic mass is 35.5. The fourth-order valence-corrected chi connectivity index (χ4v) is 2.77. The predicted octanol–water partition coefficient (Wildman–Crippen LogP) is 5.15. The second kappa shape index (κ2) is 8.34. The zero-order valence-electron chi connectivity index (χ0n) is 23.2. The van der Waals surface area contributed by atoms with Crippen LogP contribution in [0, 0.1) is 12.7 Å². The number of carbonyl (C=O) groups is 1. The van der Waals surface area contributed by atoms with Gasteiger partial charge in [0.15, 0.2) is 0 Å². The highest BCUT2D eigenvalue weighted by Crippen LogP contribution is 2.32. The summed E-state index contributed by atoms with van der Waals surface area (Å²) in [4.78, 5) is 17.5. The molecule has 1 amide bonds. The van der Waals surface area contributed by atoms with Gasteiger partial charge in [0.1, 0.15) is 11.5 Å². The summed E-state index contributed by atoms with van der Waals surface area (Å²) in [5, 5.41) is -0.320. The van der Waals surface area contributed by atoms with E-state index in [-0.39, 0.29) is 28.4 Å². The number of rotatable bonds is 5. The summed E-state index contributed by atoms with van der Waals surface area (Å²) in [5.74, 6) is -1.49. The molecule has 2 heterocycles. The van der Waals surface area contributed by atoms with Gasteiger partial charge in [0.25, 0.3) is 5.91 Å². The first-order valence-corrected chi connectivity index (χ1v) is 8.59. The summed E-state index contributed by atoms with van der Waals surface area (Å²) in [5.41, 5.74) is -3.70. The Morgan fingerprint density at radius 1 is 1.44 bits per heavy atom. The van der Waals surface area contributed by atoms with Gasteiger partial charge < -0.3 is 4.90 Å². The molecule has 0 spiro atoms. The summed E-state index contributed by atoms with van der Waals surface area (Å²) in [6.45, 7) is -3.68. The Bertz CT molecular complexity index is 1150. The molecule has 0 radical (unpaired) electrons. The van der Waals surface area contributed by atoms with E-state index in [9.17, 15) is 9.18 Å². The molecule has 1 aliphatic heterocycles. The fourth-order valence-electron chi connectivity index (χ4n) is 2.59. The van der Waals surface area contributed by atoms with Crippen LogP contribution in [0.1, 0.15) is 59.5 Å². The molecule has 1 fully saturated rings. The van der Waals surface area contributed by atoms with E-state index in [2.05, 4.69) is 4.98 Å². The maximum atomic E-state index is 16.1.